The van der Waals surface area contributed by atoms with Crippen molar-refractivity contribution in [2.24, 2.45) is 14.1 Å². The van der Waals surface area contributed by atoms with Gasteiger partial charge in [-0.05, 0) is 25.2 Å². The predicted molar refractivity (Wildman–Crippen MR) is 101 cm³/mol. The molecule has 0 bridgehead atoms. The highest BCUT2D eigenvalue weighted by Gasteiger charge is 2.34. The first-order valence-electron chi connectivity index (χ1n) is 8.66. The van der Waals surface area contributed by atoms with E-state index in [0.717, 1.165) is 5.82 Å². The van der Waals surface area contributed by atoms with E-state index < -0.39 is 10.0 Å². The number of piperazine rings is 1. The summed E-state index contributed by atoms with van der Waals surface area (Å²) in [4.78, 5) is 21.8. The van der Waals surface area contributed by atoms with Crippen LogP contribution in [0.3, 0.4) is 0 Å². The van der Waals surface area contributed by atoms with Crippen LogP contribution in [0.25, 0.3) is 11.0 Å². The van der Waals surface area contributed by atoms with Gasteiger partial charge in [0, 0.05) is 46.1 Å². The van der Waals surface area contributed by atoms with Gasteiger partial charge >= 0.3 is 5.69 Å². The molecule has 1 aliphatic rings. The van der Waals surface area contributed by atoms with Crippen molar-refractivity contribution in [3.63, 3.8) is 0 Å². The molecule has 1 atom stereocenters. The minimum absolute atomic E-state index is 0.131. The van der Waals surface area contributed by atoms with E-state index >= 15 is 0 Å². The maximum Gasteiger partial charge on any atom is 0.328 e. The summed E-state index contributed by atoms with van der Waals surface area (Å²) in [5.74, 6) is 0.748. The number of sulfonamides is 1. The molecule has 0 unspecified atom stereocenters. The fourth-order valence-corrected chi connectivity index (χ4v) is 5.08. The Morgan fingerprint density at radius 1 is 1.11 bits per heavy atom. The fourth-order valence-electron chi connectivity index (χ4n) is 3.62. The van der Waals surface area contributed by atoms with Crippen LogP contribution in [0.1, 0.15) is 11.9 Å². The van der Waals surface area contributed by atoms with Gasteiger partial charge in [-0.2, -0.15) is 4.31 Å². The Hall–Kier alpha value is -2.43. The lowest BCUT2D eigenvalue weighted by Gasteiger charge is -2.37. The zero-order chi connectivity index (χ0) is 19.3. The number of nitrogens with zero attached hydrogens (tertiary/aromatic N) is 5. The number of likely N-dealkylation sites (N-methyl/N-ethyl adjacent to an activating group) is 1. The van der Waals surface area contributed by atoms with Crippen molar-refractivity contribution in [1.29, 1.82) is 0 Å². The van der Waals surface area contributed by atoms with Crippen LogP contribution in [0.4, 0.5) is 0 Å². The summed E-state index contributed by atoms with van der Waals surface area (Å²) in [6, 6.07) is 4.70. The first-order valence-corrected chi connectivity index (χ1v) is 10.1. The summed E-state index contributed by atoms with van der Waals surface area (Å²) >= 11 is 0. The molecule has 0 spiro atoms. The maximum atomic E-state index is 13.2. The number of aromatic amines is 1. The number of hydrogen-bond donors (Lipinski definition) is 1. The highest BCUT2D eigenvalue weighted by Crippen LogP contribution is 2.27. The summed E-state index contributed by atoms with van der Waals surface area (Å²) in [6.07, 6.45) is 3.40. The van der Waals surface area contributed by atoms with E-state index in [1.807, 2.05) is 7.05 Å². The van der Waals surface area contributed by atoms with E-state index in [9.17, 15) is 13.2 Å². The van der Waals surface area contributed by atoms with Crippen molar-refractivity contribution in [3.8, 4) is 0 Å². The molecule has 2 aromatic heterocycles. The van der Waals surface area contributed by atoms with Crippen molar-refractivity contribution in [2.75, 3.05) is 26.7 Å². The number of rotatable bonds is 3. The average molecular weight is 390 g/mol. The minimum atomic E-state index is -3.68. The SMILES string of the molecule is CN1CCN(S(=O)(=O)c2ccc3c(c2)n(C)c(=O)n3C)C[C@H]1c1ncc[nH]1. The van der Waals surface area contributed by atoms with Crippen molar-refractivity contribution in [2.45, 2.75) is 10.9 Å². The molecule has 1 N–H and O–H groups in total. The highest BCUT2D eigenvalue weighted by molar-refractivity contribution is 7.89. The summed E-state index contributed by atoms with van der Waals surface area (Å²) in [5.41, 5.74) is 1.12. The van der Waals surface area contributed by atoms with Crippen LogP contribution in [0.2, 0.25) is 0 Å². The van der Waals surface area contributed by atoms with Gasteiger partial charge in [-0.1, -0.05) is 0 Å². The molecule has 1 saturated heterocycles. The zero-order valence-corrected chi connectivity index (χ0v) is 16.3. The van der Waals surface area contributed by atoms with Crippen LogP contribution in [-0.2, 0) is 24.1 Å². The molecule has 1 aliphatic heterocycles. The molecule has 4 rings (SSSR count). The Morgan fingerprint density at radius 3 is 2.56 bits per heavy atom. The van der Waals surface area contributed by atoms with Crippen molar-refractivity contribution >= 4 is 21.1 Å². The van der Waals surface area contributed by atoms with Gasteiger partial charge in [-0.3, -0.25) is 14.0 Å². The number of hydrogen-bond acceptors (Lipinski definition) is 5. The van der Waals surface area contributed by atoms with Crippen LogP contribution >= 0.6 is 0 Å². The molecular formula is C17H22N6O3S. The molecule has 9 nitrogen and oxygen atoms in total. The summed E-state index contributed by atoms with van der Waals surface area (Å²) < 4.78 is 30.9. The Morgan fingerprint density at radius 2 is 1.85 bits per heavy atom. The molecule has 0 amide bonds. The topological polar surface area (TPSA) is 96.2 Å². The van der Waals surface area contributed by atoms with E-state index in [0.29, 0.717) is 30.7 Å². The first kappa shape index (κ1) is 18.0. The van der Waals surface area contributed by atoms with E-state index in [4.69, 9.17) is 0 Å². The zero-order valence-electron chi connectivity index (χ0n) is 15.5. The summed E-state index contributed by atoms with van der Waals surface area (Å²) in [7, 11) is 1.60. The number of aromatic nitrogens is 4. The van der Waals surface area contributed by atoms with E-state index in [1.54, 1.807) is 44.7 Å². The number of nitrogens with one attached hydrogen (secondary N) is 1. The molecule has 1 fully saturated rings. The van der Waals surface area contributed by atoms with Crippen molar-refractivity contribution < 1.29 is 8.42 Å². The standard InChI is InChI=1S/C17H22N6O3S/c1-20-8-9-23(11-15(20)16-18-6-7-19-16)27(25,26)12-4-5-13-14(10-12)22(3)17(24)21(13)2/h4-7,10,15H,8-9,11H2,1-3H3,(H,18,19)/t15-/m0/s1. The fraction of sp³-hybridized carbons (Fsp3) is 0.412. The lowest BCUT2D eigenvalue weighted by atomic mass is 10.2. The van der Waals surface area contributed by atoms with Crippen molar-refractivity contribution in [1.82, 2.24) is 28.3 Å². The van der Waals surface area contributed by atoms with Gasteiger partial charge in [0.25, 0.3) is 0 Å². The number of benzene rings is 1. The Bertz CT molecular complexity index is 1150. The molecule has 1 aromatic carbocycles. The largest absolute Gasteiger partial charge is 0.347 e. The molecular weight excluding hydrogens is 368 g/mol. The third kappa shape index (κ3) is 2.80. The molecule has 0 radical (unpaired) electrons. The monoisotopic (exact) mass is 390 g/mol. The number of fused-ring (bicyclic) bond motifs is 1. The Kier molecular flexibility index (Phi) is 4.21. The average Bonchev–Trinajstić information content (AvgIpc) is 3.26. The van der Waals surface area contributed by atoms with Crippen LogP contribution < -0.4 is 5.69 Å². The van der Waals surface area contributed by atoms with E-state index in [2.05, 4.69) is 14.9 Å². The Labute approximate surface area is 156 Å². The smallest absolute Gasteiger partial charge is 0.328 e. The van der Waals surface area contributed by atoms with Gasteiger partial charge in [0.05, 0.1) is 22.0 Å². The molecule has 144 valence electrons. The lowest BCUT2D eigenvalue weighted by Crippen LogP contribution is -2.49. The summed E-state index contributed by atoms with van der Waals surface area (Å²) in [5, 5.41) is 0. The highest BCUT2D eigenvalue weighted by atomic mass is 32.2. The number of H-pyrrole nitrogens is 1. The number of aryl methyl sites for hydroxylation is 2. The quantitative estimate of drug-likeness (QED) is 0.693. The number of imidazole rings is 2. The molecule has 3 heterocycles. The second-order valence-corrected chi connectivity index (χ2v) is 8.82. The minimum Gasteiger partial charge on any atom is -0.347 e. The maximum absolute atomic E-state index is 13.2. The van der Waals surface area contributed by atoms with E-state index in [-0.39, 0.29) is 16.6 Å². The van der Waals surface area contributed by atoms with Gasteiger partial charge in [0.1, 0.15) is 5.82 Å². The Balaban J connectivity index is 1.72. The van der Waals surface area contributed by atoms with Gasteiger partial charge in [-0.25, -0.2) is 18.2 Å². The van der Waals surface area contributed by atoms with Gasteiger partial charge in [-0.15, -0.1) is 0 Å². The molecule has 27 heavy (non-hydrogen) atoms. The molecule has 3 aromatic rings. The van der Waals surface area contributed by atoms with Crippen LogP contribution in [0.5, 0.6) is 0 Å². The predicted octanol–water partition coefficient (Wildman–Crippen LogP) is 0.278. The lowest BCUT2D eigenvalue weighted by molar-refractivity contribution is 0.142. The second kappa shape index (κ2) is 6.32. The van der Waals surface area contributed by atoms with Gasteiger partial charge in [0.15, 0.2) is 0 Å². The van der Waals surface area contributed by atoms with Crippen LogP contribution in [0, 0.1) is 0 Å². The van der Waals surface area contributed by atoms with Gasteiger partial charge in [0.2, 0.25) is 10.0 Å². The molecule has 0 saturated carbocycles. The van der Waals surface area contributed by atoms with Crippen LogP contribution in [-0.4, -0.2) is 63.4 Å². The summed E-state index contributed by atoms with van der Waals surface area (Å²) in [6.45, 7) is 1.33. The molecule has 10 heteroatoms. The van der Waals surface area contributed by atoms with Crippen LogP contribution in [0.15, 0.2) is 40.3 Å². The first-order chi connectivity index (χ1) is 12.8. The second-order valence-electron chi connectivity index (χ2n) is 6.89. The third-order valence-electron chi connectivity index (χ3n) is 5.33. The third-order valence-corrected chi connectivity index (χ3v) is 7.19. The normalized spacial score (nSPS) is 19.7. The van der Waals surface area contributed by atoms with Gasteiger partial charge < -0.3 is 4.98 Å². The van der Waals surface area contributed by atoms with E-state index in [1.165, 1.54) is 13.4 Å². The van der Waals surface area contributed by atoms with Crippen molar-refractivity contribution in [3.05, 3.63) is 46.9 Å². The molecule has 0 aliphatic carbocycles.